The molecule has 0 saturated heterocycles. The van der Waals surface area contributed by atoms with Gasteiger partial charge in [-0.05, 0) is 24.8 Å². The summed E-state index contributed by atoms with van der Waals surface area (Å²) in [4.78, 5) is 12.0. The number of hydrogen-bond donors (Lipinski definition) is 1. The van der Waals surface area contributed by atoms with Gasteiger partial charge in [0, 0.05) is 12.1 Å². The van der Waals surface area contributed by atoms with Crippen molar-refractivity contribution in [3.63, 3.8) is 0 Å². The SMILES string of the molecule is CC(c1nc2ccncc2[nH]1)C1CC1. The summed E-state index contributed by atoms with van der Waals surface area (Å²) in [6.45, 7) is 2.25. The molecule has 3 rings (SSSR count). The Morgan fingerprint density at radius 2 is 2.36 bits per heavy atom. The summed E-state index contributed by atoms with van der Waals surface area (Å²) in [6, 6.07) is 1.95. The van der Waals surface area contributed by atoms with Crippen LogP contribution in [0.5, 0.6) is 0 Å². The fourth-order valence-electron chi connectivity index (χ4n) is 1.91. The maximum Gasteiger partial charge on any atom is 0.110 e. The monoisotopic (exact) mass is 187 g/mol. The van der Waals surface area contributed by atoms with Crippen LogP contribution in [-0.4, -0.2) is 15.0 Å². The highest BCUT2D eigenvalue weighted by Crippen LogP contribution is 2.41. The first kappa shape index (κ1) is 7.97. The van der Waals surface area contributed by atoms with E-state index in [0.717, 1.165) is 22.8 Å². The van der Waals surface area contributed by atoms with E-state index in [0.29, 0.717) is 5.92 Å². The average molecular weight is 187 g/mol. The second-order valence-corrected chi connectivity index (χ2v) is 4.14. The predicted octanol–water partition coefficient (Wildman–Crippen LogP) is 2.47. The van der Waals surface area contributed by atoms with E-state index in [1.54, 1.807) is 6.20 Å². The van der Waals surface area contributed by atoms with Gasteiger partial charge in [0.25, 0.3) is 0 Å². The number of nitrogens with zero attached hydrogens (tertiary/aromatic N) is 2. The molecule has 72 valence electrons. The topological polar surface area (TPSA) is 41.6 Å². The molecule has 2 heterocycles. The molecule has 3 nitrogen and oxygen atoms in total. The fraction of sp³-hybridized carbons (Fsp3) is 0.455. The molecule has 0 aromatic carbocycles. The molecule has 0 spiro atoms. The molecule has 1 N–H and O–H groups in total. The van der Waals surface area contributed by atoms with Gasteiger partial charge in [-0.3, -0.25) is 4.98 Å². The number of nitrogens with one attached hydrogen (secondary N) is 1. The Kier molecular flexibility index (Phi) is 1.60. The number of aromatic nitrogens is 3. The Morgan fingerprint density at radius 1 is 1.50 bits per heavy atom. The van der Waals surface area contributed by atoms with Gasteiger partial charge >= 0.3 is 0 Å². The Balaban J connectivity index is 2.04. The summed E-state index contributed by atoms with van der Waals surface area (Å²) in [5.41, 5.74) is 2.08. The van der Waals surface area contributed by atoms with Gasteiger partial charge in [0.2, 0.25) is 0 Å². The molecule has 0 radical (unpaired) electrons. The molecule has 0 aliphatic heterocycles. The fourth-order valence-corrected chi connectivity index (χ4v) is 1.91. The maximum atomic E-state index is 4.58. The van der Waals surface area contributed by atoms with E-state index < -0.39 is 0 Å². The van der Waals surface area contributed by atoms with Crippen LogP contribution in [0, 0.1) is 5.92 Å². The van der Waals surface area contributed by atoms with Crippen molar-refractivity contribution < 1.29 is 0 Å². The van der Waals surface area contributed by atoms with Gasteiger partial charge < -0.3 is 4.98 Å². The first-order valence-electron chi connectivity index (χ1n) is 5.14. The minimum absolute atomic E-state index is 0.572. The van der Waals surface area contributed by atoms with Gasteiger partial charge in [0.1, 0.15) is 5.82 Å². The number of fused-ring (bicyclic) bond motifs is 1. The molecular weight excluding hydrogens is 174 g/mol. The minimum atomic E-state index is 0.572. The number of rotatable bonds is 2. The number of imidazole rings is 1. The lowest BCUT2D eigenvalue weighted by molar-refractivity contribution is 0.630. The van der Waals surface area contributed by atoms with Crippen molar-refractivity contribution in [1.29, 1.82) is 0 Å². The summed E-state index contributed by atoms with van der Waals surface area (Å²) in [6.07, 6.45) is 6.34. The van der Waals surface area contributed by atoms with E-state index in [1.807, 2.05) is 12.3 Å². The van der Waals surface area contributed by atoms with E-state index >= 15 is 0 Å². The van der Waals surface area contributed by atoms with E-state index in [9.17, 15) is 0 Å². The number of pyridine rings is 1. The lowest BCUT2D eigenvalue weighted by atomic mass is 10.1. The minimum Gasteiger partial charge on any atom is -0.340 e. The van der Waals surface area contributed by atoms with Crippen molar-refractivity contribution in [3.05, 3.63) is 24.3 Å². The first-order chi connectivity index (χ1) is 6.84. The highest BCUT2D eigenvalue weighted by Gasteiger charge is 2.30. The van der Waals surface area contributed by atoms with Crippen molar-refractivity contribution in [2.75, 3.05) is 0 Å². The molecule has 1 fully saturated rings. The molecule has 1 aliphatic carbocycles. The van der Waals surface area contributed by atoms with E-state index in [4.69, 9.17) is 0 Å². The van der Waals surface area contributed by atoms with Crippen LogP contribution >= 0.6 is 0 Å². The first-order valence-corrected chi connectivity index (χ1v) is 5.14. The van der Waals surface area contributed by atoms with Crippen molar-refractivity contribution in [2.45, 2.75) is 25.7 Å². The lowest BCUT2D eigenvalue weighted by Crippen LogP contribution is -1.97. The Labute approximate surface area is 82.6 Å². The Hall–Kier alpha value is -1.38. The summed E-state index contributed by atoms with van der Waals surface area (Å²) in [5.74, 6) is 2.54. The van der Waals surface area contributed by atoms with Crippen LogP contribution in [0.25, 0.3) is 11.0 Å². The van der Waals surface area contributed by atoms with Gasteiger partial charge in [-0.15, -0.1) is 0 Å². The zero-order chi connectivity index (χ0) is 9.54. The Bertz CT molecular complexity index is 423. The average Bonchev–Trinajstić information content (AvgIpc) is 2.95. The second kappa shape index (κ2) is 2.80. The maximum absolute atomic E-state index is 4.58. The third kappa shape index (κ3) is 1.20. The summed E-state index contributed by atoms with van der Waals surface area (Å²) >= 11 is 0. The highest BCUT2D eigenvalue weighted by molar-refractivity contribution is 5.73. The van der Waals surface area contributed by atoms with Crippen LogP contribution < -0.4 is 0 Å². The Morgan fingerprint density at radius 3 is 3.07 bits per heavy atom. The third-order valence-corrected chi connectivity index (χ3v) is 3.06. The van der Waals surface area contributed by atoms with Crippen molar-refractivity contribution >= 4 is 11.0 Å². The quantitative estimate of drug-likeness (QED) is 0.784. The van der Waals surface area contributed by atoms with Crippen LogP contribution in [0.3, 0.4) is 0 Å². The molecule has 1 unspecified atom stereocenters. The number of H-pyrrole nitrogens is 1. The summed E-state index contributed by atoms with van der Waals surface area (Å²) in [5, 5.41) is 0. The standard InChI is InChI=1S/C11H13N3/c1-7(8-2-3-8)11-13-9-4-5-12-6-10(9)14-11/h4-8H,2-3H2,1H3,(H,13,14). The van der Waals surface area contributed by atoms with Crippen LogP contribution in [0.4, 0.5) is 0 Å². The van der Waals surface area contributed by atoms with Gasteiger partial charge in [0.05, 0.1) is 17.2 Å². The molecule has 1 atom stereocenters. The molecule has 2 aromatic rings. The summed E-state index contributed by atoms with van der Waals surface area (Å²) in [7, 11) is 0. The van der Waals surface area contributed by atoms with Gasteiger partial charge in [-0.25, -0.2) is 4.98 Å². The third-order valence-electron chi connectivity index (χ3n) is 3.06. The van der Waals surface area contributed by atoms with E-state index in [2.05, 4.69) is 21.9 Å². The van der Waals surface area contributed by atoms with Crippen molar-refractivity contribution in [2.24, 2.45) is 5.92 Å². The molecular formula is C11H13N3. The molecule has 1 saturated carbocycles. The van der Waals surface area contributed by atoms with Gasteiger partial charge in [-0.1, -0.05) is 6.92 Å². The smallest absolute Gasteiger partial charge is 0.110 e. The predicted molar refractivity (Wildman–Crippen MR) is 55.0 cm³/mol. The van der Waals surface area contributed by atoms with Crippen molar-refractivity contribution in [1.82, 2.24) is 15.0 Å². The molecule has 2 aromatic heterocycles. The van der Waals surface area contributed by atoms with Crippen LogP contribution in [0.2, 0.25) is 0 Å². The van der Waals surface area contributed by atoms with Gasteiger partial charge in [-0.2, -0.15) is 0 Å². The number of hydrogen-bond acceptors (Lipinski definition) is 2. The van der Waals surface area contributed by atoms with E-state index in [1.165, 1.54) is 12.8 Å². The molecule has 0 bridgehead atoms. The molecule has 3 heteroatoms. The molecule has 14 heavy (non-hydrogen) atoms. The molecule has 1 aliphatic rings. The van der Waals surface area contributed by atoms with Gasteiger partial charge in [0.15, 0.2) is 0 Å². The zero-order valence-corrected chi connectivity index (χ0v) is 8.20. The second-order valence-electron chi connectivity index (χ2n) is 4.14. The lowest BCUT2D eigenvalue weighted by Gasteiger charge is -2.04. The number of aromatic amines is 1. The normalized spacial score (nSPS) is 18.6. The van der Waals surface area contributed by atoms with Crippen molar-refractivity contribution in [3.8, 4) is 0 Å². The van der Waals surface area contributed by atoms with Crippen LogP contribution in [-0.2, 0) is 0 Å². The molecule has 0 amide bonds. The van der Waals surface area contributed by atoms with E-state index in [-0.39, 0.29) is 0 Å². The summed E-state index contributed by atoms with van der Waals surface area (Å²) < 4.78 is 0. The van der Waals surface area contributed by atoms with Crippen LogP contribution in [0.15, 0.2) is 18.5 Å². The zero-order valence-electron chi connectivity index (χ0n) is 8.20. The largest absolute Gasteiger partial charge is 0.340 e. The van der Waals surface area contributed by atoms with Crippen LogP contribution in [0.1, 0.15) is 31.5 Å². The highest BCUT2D eigenvalue weighted by atomic mass is 14.9.